The zero-order chi connectivity index (χ0) is 14.7. The third-order valence-corrected chi connectivity index (χ3v) is 4.46. The van der Waals surface area contributed by atoms with Gasteiger partial charge in [0.05, 0.1) is 23.7 Å². The lowest BCUT2D eigenvalue weighted by Gasteiger charge is -2.35. The number of rotatable bonds is 3. The first-order valence-electron chi connectivity index (χ1n) is 6.48. The molecule has 0 spiro atoms. The van der Waals surface area contributed by atoms with Crippen LogP contribution in [0.3, 0.4) is 0 Å². The maximum absolute atomic E-state index is 12.7. The molecule has 1 heterocycles. The lowest BCUT2D eigenvalue weighted by atomic mass is 10.0. The van der Waals surface area contributed by atoms with E-state index < -0.39 is 0 Å². The summed E-state index contributed by atoms with van der Waals surface area (Å²) in [6.07, 6.45) is 2.86. The summed E-state index contributed by atoms with van der Waals surface area (Å²) in [6.45, 7) is 0.685. The molecular formula is C14H17BrN2O2S. The van der Waals surface area contributed by atoms with Crippen molar-refractivity contribution in [1.29, 1.82) is 0 Å². The minimum absolute atomic E-state index is 0.0618. The average molecular weight is 357 g/mol. The number of hydrogen-bond acceptors (Lipinski definition) is 3. The van der Waals surface area contributed by atoms with Crippen molar-refractivity contribution in [3.63, 3.8) is 0 Å². The number of halogens is 1. The van der Waals surface area contributed by atoms with Crippen LogP contribution in [0.4, 0.5) is 0 Å². The van der Waals surface area contributed by atoms with E-state index in [-0.39, 0.29) is 11.9 Å². The van der Waals surface area contributed by atoms with Gasteiger partial charge in [-0.25, -0.2) is 0 Å². The number of carbonyl (C=O) groups is 1. The zero-order valence-electron chi connectivity index (χ0n) is 11.3. The lowest BCUT2D eigenvalue weighted by molar-refractivity contribution is 0.0680. The fraction of sp³-hybridized carbons (Fsp3) is 0.429. The quantitative estimate of drug-likeness (QED) is 0.846. The smallest absolute Gasteiger partial charge is 0.255 e. The van der Waals surface area contributed by atoms with Crippen molar-refractivity contribution in [1.82, 2.24) is 4.90 Å². The average Bonchev–Trinajstić information content (AvgIpc) is 2.47. The molecule has 1 unspecified atom stereocenters. The van der Waals surface area contributed by atoms with Gasteiger partial charge in [-0.1, -0.05) is 12.2 Å². The van der Waals surface area contributed by atoms with Gasteiger partial charge in [-0.15, -0.1) is 0 Å². The van der Waals surface area contributed by atoms with Crippen molar-refractivity contribution in [3.8, 4) is 5.75 Å². The third-order valence-electron chi connectivity index (χ3n) is 3.50. The van der Waals surface area contributed by atoms with E-state index in [9.17, 15) is 4.79 Å². The van der Waals surface area contributed by atoms with E-state index in [4.69, 9.17) is 22.7 Å². The van der Waals surface area contributed by atoms with Gasteiger partial charge >= 0.3 is 0 Å². The topological polar surface area (TPSA) is 55.6 Å². The Morgan fingerprint density at radius 1 is 1.50 bits per heavy atom. The summed E-state index contributed by atoms with van der Waals surface area (Å²) in [6, 6.07) is 5.20. The SMILES string of the molecule is COc1ccc(Br)c(C(=O)N2CCCCC2C(N)=S)c1. The molecule has 2 rings (SSSR count). The van der Waals surface area contributed by atoms with Gasteiger partial charge in [-0.3, -0.25) is 4.79 Å². The van der Waals surface area contributed by atoms with Crippen LogP contribution in [-0.2, 0) is 0 Å². The number of thiocarbonyl (C=S) groups is 1. The fourth-order valence-corrected chi connectivity index (χ4v) is 3.08. The second-order valence-corrected chi connectivity index (χ2v) is 6.08. The number of likely N-dealkylation sites (tertiary alicyclic amines) is 1. The molecule has 1 fully saturated rings. The number of hydrogen-bond donors (Lipinski definition) is 1. The predicted octanol–water partition coefficient (Wildman–Crippen LogP) is 2.74. The van der Waals surface area contributed by atoms with Gasteiger partial charge in [-0.05, 0) is 53.4 Å². The van der Waals surface area contributed by atoms with Crippen LogP contribution in [0.25, 0.3) is 0 Å². The Morgan fingerprint density at radius 2 is 2.25 bits per heavy atom. The van der Waals surface area contributed by atoms with Gasteiger partial charge < -0.3 is 15.4 Å². The van der Waals surface area contributed by atoms with Crippen molar-refractivity contribution in [2.45, 2.75) is 25.3 Å². The first kappa shape index (κ1) is 15.3. The second kappa shape index (κ2) is 6.54. The molecule has 1 amide bonds. The highest BCUT2D eigenvalue weighted by Gasteiger charge is 2.30. The van der Waals surface area contributed by atoms with Crippen molar-refractivity contribution in [2.75, 3.05) is 13.7 Å². The van der Waals surface area contributed by atoms with E-state index in [1.165, 1.54) is 0 Å². The highest BCUT2D eigenvalue weighted by molar-refractivity contribution is 9.10. The summed E-state index contributed by atoms with van der Waals surface area (Å²) in [5.41, 5.74) is 6.35. The Labute approximate surface area is 132 Å². The Kier molecular flexibility index (Phi) is 4.99. The molecule has 108 valence electrons. The van der Waals surface area contributed by atoms with Crippen LogP contribution in [0, 0.1) is 0 Å². The number of piperidine rings is 1. The van der Waals surface area contributed by atoms with E-state index in [0.717, 1.165) is 23.7 Å². The Morgan fingerprint density at radius 3 is 2.90 bits per heavy atom. The number of ether oxygens (including phenoxy) is 1. The molecule has 1 atom stereocenters. The van der Waals surface area contributed by atoms with Crippen molar-refractivity contribution < 1.29 is 9.53 Å². The Hall–Kier alpha value is -1.14. The maximum atomic E-state index is 12.7. The predicted molar refractivity (Wildman–Crippen MR) is 86.2 cm³/mol. The van der Waals surface area contributed by atoms with Gasteiger partial charge in [0.15, 0.2) is 0 Å². The molecule has 0 aliphatic carbocycles. The number of benzene rings is 1. The van der Waals surface area contributed by atoms with E-state index in [2.05, 4.69) is 15.9 Å². The first-order chi connectivity index (χ1) is 9.54. The third kappa shape index (κ3) is 3.12. The molecule has 0 radical (unpaired) electrons. The molecule has 1 aliphatic rings. The maximum Gasteiger partial charge on any atom is 0.255 e. The normalized spacial score (nSPS) is 18.7. The molecule has 2 N–H and O–H groups in total. The standard InChI is InChI=1S/C14H17BrN2O2S/c1-19-9-5-6-11(15)10(8-9)14(18)17-7-3-2-4-12(17)13(16)20/h5-6,8,12H,2-4,7H2,1H3,(H2,16,20). The highest BCUT2D eigenvalue weighted by atomic mass is 79.9. The summed E-state index contributed by atoms with van der Waals surface area (Å²) in [7, 11) is 1.58. The van der Waals surface area contributed by atoms with Gasteiger partial charge in [0.25, 0.3) is 5.91 Å². The minimum atomic E-state index is -0.149. The molecule has 0 saturated carbocycles. The van der Waals surface area contributed by atoms with Crippen LogP contribution in [-0.4, -0.2) is 35.5 Å². The van der Waals surface area contributed by atoms with E-state index in [0.29, 0.717) is 22.8 Å². The Bertz CT molecular complexity index is 536. The monoisotopic (exact) mass is 356 g/mol. The van der Waals surface area contributed by atoms with Crippen LogP contribution >= 0.6 is 28.1 Å². The molecule has 20 heavy (non-hydrogen) atoms. The molecule has 1 aromatic rings. The zero-order valence-corrected chi connectivity index (χ0v) is 13.7. The van der Waals surface area contributed by atoms with E-state index in [1.54, 1.807) is 18.1 Å². The summed E-state index contributed by atoms with van der Waals surface area (Å²) in [5, 5.41) is 0. The number of nitrogens with zero attached hydrogens (tertiary/aromatic N) is 1. The molecule has 1 aliphatic heterocycles. The van der Waals surface area contributed by atoms with Crippen LogP contribution in [0.1, 0.15) is 29.6 Å². The number of nitrogens with two attached hydrogens (primary N) is 1. The van der Waals surface area contributed by atoms with Gasteiger partial charge in [0, 0.05) is 11.0 Å². The van der Waals surface area contributed by atoms with Gasteiger partial charge in [-0.2, -0.15) is 0 Å². The second-order valence-electron chi connectivity index (χ2n) is 4.76. The summed E-state index contributed by atoms with van der Waals surface area (Å²) in [5.74, 6) is 0.591. The van der Waals surface area contributed by atoms with Crippen LogP contribution in [0.5, 0.6) is 5.75 Å². The fourth-order valence-electron chi connectivity index (χ4n) is 2.42. The summed E-state index contributed by atoms with van der Waals surface area (Å²) < 4.78 is 5.93. The van der Waals surface area contributed by atoms with Crippen LogP contribution < -0.4 is 10.5 Å². The molecule has 0 aromatic heterocycles. The summed E-state index contributed by atoms with van der Waals surface area (Å²) >= 11 is 8.51. The molecular weight excluding hydrogens is 340 g/mol. The van der Waals surface area contributed by atoms with E-state index in [1.807, 2.05) is 12.1 Å². The van der Waals surface area contributed by atoms with Crippen molar-refractivity contribution in [2.24, 2.45) is 5.73 Å². The van der Waals surface area contributed by atoms with Crippen LogP contribution in [0.15, 0.2) is 22.7 Å². The van der Waals surface area contributed by atoms with Crippen LogP contribution in [0.2, 0.25) is 0 Å². The molecule has 1 aromatic carbocycles. The lowest BCUT2D eigenvalue weighted by Crippen LogP contribution is -2.49. The van der Waals surface area contributed by atoms with Crippen molar-refractivity contribution >= 4 is 39.0 Å². The molecule has 0 bridgehead atoms. The first-order valence-corrected chi connectivity index (χ1v) is 7.68. The molecule has 6 heteroatoms. The van der Waals surface area contributed by atoms with E-state index >= 15 is 0 Å². The molecule has 1 saturated heterocycles. The number of amides is 1. The summed E-state index contributed by atoms with van der Waals surface area (Å²) in [4.78, 5) is 14.9. The van der Waals surface area contributed by atoms with Gasteiger partial charge in [0.2, 0.25) is 0 Å². The molecule has 4 nitrogen and oxygen atoms in total. The minimum Gasteiger partial charge on any atom is -0.497 e. The largest absolute Gasteiger partial charge is 0.497 e. The number of methoxy groups -OCH3 is 1. The Balaban J connectivity index is 2.31. The number of carbonyl (C=O) groups excluding carboxylic acids is 1. The van der Waals surface area contributed by atoms with Crippen molar-refractivity contribution in [3.05, 3.63) is 28.2 Å². The van der Waals surface area contributed by atoms with Gasteiger partial charge in [0.1, 0.15) is 5.75 Å². The highest BCUT2D eigenvalue weighted by Crippen LogP contribution is 2.27.